The Morgan fingerprint density at radius 3 is 3.06 bits per heavy atom. The van der Waals surface area contributed by atoms with Crippen molar-refractivity contribution >= 4 is 23.2 Å². The van der Waals surface area contributed by atoms with Gasteiger partial charge in [0.25, 0.3) is 0 Å². The van der Waals surface area contributed by atoms with Gasteiger partial charge in [-0.3, -0.25) is 4.90 Å². The fourth-order valence-corrected chi connectivity index (χ4v) is 2.78. The fourth-order valence-electron chi connectivity index (χ4n) is 2.45. The van der Waals surface area contributed by atoms with Crippen LogP contribution in [0.1, 0.15) is 18.5 Å². The van der Waals surface area contributed by atoms with Crippen LogP contribution < -0.4 is 0 Å². The molecule has 5 heteroatoms. The van der Waals surface area contributed by atoms with E-state index in [2.05, 4.69) is 9.88 Å². The van der Waals surface area contributed by atoms with Crippen LogP contribution in [0.3, 0.4) is 0 Å². The Hall–Kier alpha value is -0.350. The number of pyridine rings is 1. The number of aromatic nitrogens is 1. The Balaban J connectivity index is 1.98. The van der Waals surface area contributed by atoms with E-state index < -0.39 is 0 Å². The van der Waals surface area contributed by atoms with Crippen LogP contribution in [0.5, 0.6) is 0 Å². The van der Waals surface area contributed by atoms with Gasteiger partial charge in [-0.05, 0) is 37.4 Å². The Morgan fingerprint density at radius 2 is 2.28 bits per heavy atom. The van der Waals surface area contributed by atoms with Crippen molar-refractivity contribution in [2.45, 2.75) is 19.4 Å². The average Bonchev–Trinajstić information content (AvgIpc) is 2.35. The first kappa shape index (κ1) is 14.1. The van der Waals surface area contributed by atoms with Gasteiger partial charge in [-0.1, -0.05) is 23.2 Å². The molecule has 1 fully saturated rings. The van der Waals surface area contributed by atoms with Crippen molar-refractivity contribution in [2.24, 2.45) is 5.92 Å². The summed E-state index contributed by atoms with van der Waals surface area (Å²) in [7, 11) is 1.76. The summed E-state index contributed by atoms with van der Waals surface area (Å²) in [6, 6.07) is 3.53. The number of rotatable bonds is 4. The highest BCUT2D eigenvalue weighted by molar-refractivity contribution is 6.32. The standard InChI is InChI=1S/C13H18Cl2N2O/c1-18-9-10-3-2-6-17(7-10)8-12-11(14)4-5-13(15)16-12/h4-5,10H,2-3,6-9H2,1H3. The third-order valence-electron chi connectivity index (χ3n) is 3.26. The molecule has 1 aromatic heterocycles. The van der Waals surface area contributed by atoms with Crippen molar-refractivity contribution in [3.63, 3.8) is 0 Å². The third-order valence-corrected chi connectivity index (χ3v) is 3.82. The maximum absolute atomic E-state index is 6.14. The fraction of sp³-hybridized carbons (Fsp3) is 0.615. The maximum atomic E-state index is 6.14. The minimum atomic E-state index is 0.500. The molecule has 3 nitrogen and oxygen atoms in total. The van der Waals surface area contributed by atoms with Gasteiger partial charge in [-0.15, -0.1) is 0 Å². The molecule has 2 heterocycles. The number of hydrogen-bond acceptors (Lipinski definition) is 3. The molecule has 0 aliphatic carbocycles. The van der Waals surface area contributed by atoms with E-state index in [-0.39, 0.29) is 0 Å². The number of methoxy groups -OCH3 is 1. The Kier molecular flexibility index (Phi) is 5.25. The highest BCUT2D eigenvalue weighted by atomic mass is 35.5. The van der Waals surface area contributed by atoms with E-state index in [9.17, 15) is 0 Å². The quantitative estimate of drug-likeness (QED) is 0.796. The second-order valence-corrected chi connectivity index (χ2v) is 5.56. The van der Waals surface area contributed by atoms with Crippen LogP contribution in [0.15, 0.2) is 12.1 Å². The highest BCUT2D eigenvalue weighted by Crippen LogP contribution is 2.22. The van der Waals surface area contributed by atoms with Crippen molar-refractivity contribution in [3.05, 3.63) is 28.0 Å². The molecule has 0 saturated carbocycles. The molecule has 18 heavy (non-hydrogen) atoms. The molecule has 2 rings (SSSR count). The van der Waals surface area contributed by atoms with Gasteiger partial charge in [0.1, 0.15) is 5.15 Å². The lowest BCUT2D eigenvalue weighted by atomic mass is 9.99. The zero-order chi connectivity index (χ0) is 13.0. The van der Waals surface area contributed by atoms with Gasteiger partial charge >= 0.3 is 0 Å². The van der Waals surface area contributed by atoms with E-state index in [1.807, 2.05) is 6.07 Å². The SMILES string of the molecule is COCC1CCCN(Cc2nc(Cl)ccc2Cl)C1. The summed E-state index contributed by atoms with van der Waals surface area (Å²) >= 11 is 12.0. The minimum absolute atomic E-state index is 0.500. The Labute approximate surface area is 118 Å². The Bertz CT molecular complexity index is 399. The maximum Gasteiger partial charge on any atom is 0.129 e. The molecule has 1 aliphatic rings. The molecule has 0 radical (unpaired) electrons. The molecule has 1 unspecified atom stereocenters. The molecule has 0 aromatic carbocycles. The average molecular weight is 289 g/mol. The second kappa shape index (κ2) is 6.71. The van der Waals surface area contributed by atoms with Crippen molar-refractivity contribution in [1.29, 1.82) is 0 Å². The van der Waals surface area contributed by atoms with Gasteiger partial charge in [-0.25, -0.2) is 4.98 Å². The number of likely N-dealkylation sites (tertiary alicyclic amines) is 1. The number of piperidine rings is 1. The van der Waals surface area contributed by atoms with Crippen molar-refractivity contribution in [2.75, 3.05) is 26.8 Å². The summed E-state index contributed by atoms with van der Waals surface area (Å²) in [5.41, 5.74) is 0.863. The lowest BCUT2D eigenvalue weighted by Gasteiger charge is -2.32. The third kappa shape index (κ3) is 3.82. The van der Waals surface area contributed by atoms with E-state index in [1.165, 1.54) is 12.8 Å². The normalized spacial score (nSPS) is 21.2. The van der Waals surface area contributed by atoms with Gasteiger partial charge in [0.2, 0.25) is 0 Å². The summed E-state index contributed by atoms with van der Waals surface area (Å²) in [4.78, 5) is 6.67. The van der Waals surface area contributed by atoms with Gasteiger partial charge in [0.05, 0.1) is 17.3 Å². The van der Waals surface area contributed by atoms with E-state index in [0.29, 0.717) is 16.1 Å². The van der Waals surface area contributed by atoms with E-state index in [0.717, 1.165) is 31.9 Å². The topological polar surface area (TPSA) is 25.4 Å². The summed E-state index contributed by atoms with van der Waals surface area (Å²) < 4.78 is 5.23. The molecule has 100 valence electrons. The number of nitrogens with zero attached hydrogens (tertiary/aromatic N) is 2. The number of ether oxygens (including phenoxy) is 1. The predicted molar refractivity (Wildman–Crippen MR) is 74.1 cm³/mol. The lowest BCUT2D eigenvalue weighted by Crippen LogP contribution is -2.36. The molecular formula is C13H18Cl2N2O. The van der Waals surface area contributed by atoms with Crippen LogP contribution in [-0.2, 0) is 11.3 Å². The molecule has 1 atom stereocenters. The molecule has 0 bridgehead atoms. The van der Waals surface area contributed by atoms with Crippen LogP contribution >= 0.6 is 23.2 Å². The second-order valence-electron chi connectivity index (χ2n) is 4.76. The van der Waals surface area contributed by atoms with Gasteiger partial charge in [0.15, 0.2) is 0 Å². The summed E-state index contributed by atoms with van der Waals surface area (Å²) in [6.07, 6.45) is 2.44. The first-order valence-corrected chi connectivity index (χ1v) is 6.97. The van der Waals surface area contributed by atoms with Crippen LogP contribution in [-0.4, -0.2) is 36.7 Å². The highest BCUT2D eigenvalue weighted by Gasteiger charge is 2.20. The molecule has 0 spiro atoms. The summed E-state index contributed by atoms with van der Waals surface area (Å²) in [5.74, 6) is 0.613. The summed E-state index contributed by atoms with van der Waals surface area (Å²) in [6.45, 7) is 3.72. The molecule has 0 amide bonds. The zero-order valence-corrected chi connectivity index (χ0v) is 12.0. The first-order valence-electron chi connectivity index (χ1n) is 6.21. The van der Waals surface area contributed by atoms with Crippen molar-refractivity contribution < 1.29 is 4.74 Å². The Morgan fingerprint density at radius 1 is 1.44 bits per heavy atom. The van der Waals surface area contributed by atoms with Crippen molar-refractivity contribution in [3.8, 4) is 0 Å². The predicted octanol–water partition coefficient (Wildman–Crippen LogP) is 3.25. The molecule has 1 aliphatic heterocycles. The lowest BCUT2D eigenvalue weighted by molar-refractivity contribution is 0.0868. The molecule has 1 aromatic rings. The van der Waals surface area contributed by atoms with E-state index >= 15 is 0 Å². The van der Waals surface area contributed by atoms with Gasteiger partial charge in [-0.2, -0.15) is 0 Å². The smallest absolute Gasteiger partial charge is 0.129 e. The van der Waals surface area contributed by atoms with Crippen LogP contribution in [0.4, 0.5) is 0 Å². The van der Waals surface area contributed by atoms with Crippen LogP contribution in [0.25, 0.3) is 0 Å². The zero-order valence-electron chi connectivity index (χ0n) is 10.5. The van der Waals surface area contributed by atoms with E-state index in [4.69, 9.17) is 27.9 Å². The first-order chi connectivity index (χ1) is 8.69. The summed E-state index contributed by atoms with van der Waals surface area (Å²) in [5, 5.41) is 1.19. The van der Waals surface area contributed by atoms with Crippen LogP contribution in [0, 0.1) is 5.92 Å². The minimum Gasteiger partial charge on any atom is -0.384 e. The van der Waals surface area contributed by atoms with Gasteiger partial charge in [0, 0.05) is 20.2 Å². The van der Waals surface area contributed by atoms with E-state index in [1.54, 1.807) is 13.2 Å². The number of hydrogen-bond donors (Lipinski definition) is 0. The van der Waals surface area contributed by atoms with Crippen LogP contribution in [0.2, 0.25) is 10.2 Å². The molecule has 0 N–H and O–H groups in total. The van der Waals surface area contributed by atoms with Crippen molar-refractivity contribution in [1.82, 2.24) is 9.88 Å². The largest absolute Gasteiger partial charge is 0.384 e. The molecule has 1 saturated heterocycles. The monoisotopic (exact) mass is 288 g/mol. The molecular weight excluding hydrogens is 271 g/mol. The van der Waals surface area contributed by atoms with Gasteiger partial charge < -0.3 is 4.74 Å². The number of halogens is 2.